The van der Waals surface area contributed by atoms with Gasteiger partial charge in [-0.1, -0.05) is 30.3 Å². The number of aromatic nitrogens is 2. The summed E-state index contributed by atoms with van der Waals surface area (Å²) in [4.78, 5) is 37.6. The Balaban J connectivity index is 1.70. The second kappa shape index (κ2) is 7.46. The minimum absolute atomic E-state index is 0.0390. The Morgan fingerprint density at radius 3 is 2.55 bits per heavy atom. The first-order chi connectivity index (χ1) is 14.0. The summed E-state index contributed by atoms with van der Waals surface area (Å²) in [5.41, 5.74) is 8.27. The molecule has 0 saturated heterocycles. The van der Waals surface area contributed by atoms with Crippen LogP contribution in [0.1, 0.15) is 35.6 Å². The number of hydrogen-bond donors (Lipinski definition) is 3. The van der Waals surface area contributed by atoms with Gasteiger partial charge in [0.2, 0.25) is 5.70 Å². The van der Waals surface area contributed by atoms with E-state index in [1.165, 1.54) is 7.11 Å². The van der Waals surface area contributed by atoms with E-state index in [2.05, 4.69) is 15.4 Å². The van der Waals surface area contributed by atoms with Gasteiger partial charge in [0.05, 0.1) is 23.7 Å². The number of allylic oxidation sites excluding steroid dienone is 3. The number of aromatic amines is 1. The topological polar surface area (TPSA) is 101 Å². The lowest BCUT2D eigenvalue weighted by molar-refractivity contribution is -0.544. The number of nitrogens with zero attached hydrogens (tertiary/aromatic N) is 1. The molecule has 7 nitrogen and oxygen atoms in total. The molecule has 3 aromatic rings. The van der Waals surface area contributed by atoms with Gasteiger partial charge in [0, 0.05) is 23.6 Å². The maximum Gasteiger partial charge on any atom is 0.329 e. The van der Waals surface area contributed by atoms with Crippen LogP contribution in [0.4, 0.5) is 0 Å². The monoisotopic (exact) mass is 389 g/mol. The highest BCUT2D eigenvalue weighted by atomic mass is 16.6. The third-order valence-electron chi connectivity index (χ3n) is 4.99. The molecule has 0 atom stereocenters. The third kappa shape index (κ3) is 3.37. The Bertz CT molecular complexity index is 1190. The van der Waals surface area contributed by atoms with Gasteiger partial charge in [0.1, 0.15) is 11.5 Å². The fourth-order valence-corrected chi connectivity index (χ4v) is 3.60. The van der Waals surface area contributed by atoms with Crippen molar-refractivity contribution in [2.24, 2.45) is 0 Å². The zero-order valence-corrected chi connectivity index (χ0v) is 16.4. The summed E-state index contributed by atoms with van der Waals surface area (Å²) in [6, 6.07) is 14.6. The average Bonchev–Trinajstić information content (AvgIpc) is 3.27. The van der Waals surface area contributed by atoms with Crippen molar-refractivity contribution in [1.82, 2.24) is 15.4 Å². The lowest BCUT2D eigenvalue weighted by atomic mass is 10.0. The van der Waals surface area contributed by atoms with Crippen LogP contribution in [0.2, 0.25) is 0 Å². The fourth-order valence-electron chi connectivity index (χ4n) is 3.60. The van der Waals surface area contributed by atoms with Crippen molar-refractivity contribution in [3.8, 4) is 0 Å². The van der Waals surface area contributed by atoms with Gasteiger partial charge in [-0.3, -0.25) is 19.7 Å². The van der Waals surface area contributed by atoms with Gasteiger partial charge in [-0.25, -0.2) is 10.5 Å². The SMILES string of the molecule is CONC(=O)C1=C(C)C(c2nc3ccc(C(=O)c4ccccc4)cc3[nH]2)=C(C)[NH2+]1. The molecule has 4 rings (SSSR count). The molecule has 1 aromatic heterocycles. The lowest BCUT2D eigenvalue weighted by Crippen LogP contribution is -2.80. The van der Waals surface area contributed by atoms with Crippen LogP contribution in [-0.4, -0.2) is 28.8 Å². The smallest absolute Gasteiger partial charge is 0.329 e. The Morgan fingerprint density at radius 2 is 1.83 bits per heavy atom. The number of quaternary nitrogens is 1. The number of rotatable bonds is 5. The van der Waals surface area contributed by atoms with Crippen LogP contribution in [0.25, 0.3) is 16.6 Å². The Kier molecular flexibility index (Phi) is 4.84. The molecule has 146 valence electrons. The molecule has 0 saturated carbocycles. The number of carbonyl (C=O) groups excluding carboxylic acids is 2. The van der Waals surface area contributed by atoms with Crippen LogP contribution in [0, 0.1) is 0 Å². The molecule has 0 fully saturated rings. The zero-order chi connectivity index (χ0) is 20.5. The van der Waals surface area contributed by atoms with Gasteiger partial charge in [-0.05, 0) is 25.1 Å². The second-order valence-electron chi connectivity index (χ2n) is 6.89. The van der Waals surface area contributed by atoms with Crippen LogP contribution in [0.3, 0.4) is 0 Å². The maximum atomic E-state index is 12.7. The van der Waals surface area contributed by atoms with Gasteiger partial charge in [-0.15, -0.1) is 0 Å². The number of amides is 1. The summed E-state index contributed by atoms with van der Waals surface area (Å²) in [5.74, 6) is 0.324. The van der Waals surface area contributed by atoms with Gasteiger partial charge in [0.25, 0.3) is 0 Å². The molecule has 4 N–H and O–H groups in total. The molecule has 1 aliphatic heterocycles. The first-order valence-corrected chi connectivity index (χ1v) is 9.19. The van der Waals surface area contributed by atoms with E-state index in [-0.39, 0.29) is 11.7 Å². The summed E-state index contributed by atoms with van der Waals surface area (Å²) in [6.45, 7) is 3.81. The molecule has 0 aliphatic carbocycles. The number of fused-ring (bicyclic) bond motifs is 1. The predicted octanol–water partition coefficient (Wildman–Crippen LogP) is 2.05. The van der Waals surface area contributed by atoms with Crippen LogP contribution < -0.4 is 10.8 Å². The number of benzene rings is 2. The average molecular weight is 389 g/mol. The van der Waals surface area contributed by atoms with Crippen LogP contribution in [-0.2, 0) is 9.63 Å². The number of nitrogens with two attached hydrogens (primary N) is 1. The molecule has 2 heterocycles. The van der Waals surface area contributed by atoms with Crippen LogP contribution in [0.5, 0.6) is 0 Å². The third-order valence-corrected chi connectivity index (χ3v) is 4.99. The molecule has 0 unspecified atom stereocenters. The van der Waals surface area contributed by atoms with Crippen molar-refractivity contribution in [3.63, 3.8) is 0 Å². The summed E-state index contributed by atoms with van der Waals surface area (Å²) in [7, 11) is 1.40. The highest BCUT2D eigenvalue weighted by Crippen LogP contribution is 2.29. The number of ketones is 1. The normalized spacial score (nSPS) is 14.0. The molecule has 7 heteroatoms. The predicted molar refractivity (Wildman–Crippen MR) is 108 cm³/mol. The van der Waals surface area contributed by atoms with E-state index >= 15 is 0 Å². The van der Waals surface area contributed by atoms with E-state index in [4.69, 9.17) is 4.84 Å². The van der Waals surface area contributed by atoms with E-state index < -0.39 is 0 Å². The Labute approximate surface area is 167 Å². The van der Waals surface area contributed by atoms with Crippen molar-refractivity contribution in [2.75, 3.05) is 7.11 Å². The molecule has 1 amide bonds. The van der Waals surface area contributed by atoms with Crippen molar-refractivity contribution < 1.29 is 19.7 Å². The van der Waals surface area contributed by atoms with Gasteiger partial charge in [0.15, 0.2) is 5.78 Å². The fraction of sp³-hybridized carbons (Fsp3) is 0.136. The second-order valence-corrected chi connectivity index (χ2v) is 6.89. The van der Waals surface area contributed by atoms with Crippen LogP contribution >= 0.6 is 0 Å². The minimum atomic E-state index is -0.300. The number of H-pyrrole nitrogens is 1. The van der Waals surface area contributed by atoms with Crippen molar-refractivity contribution in [2.45, 2.75) is 13.8 Å². The van der Waals surface area contributed by atoms with E-state index in [0.29, 0.717) is 22.6 Å². The van der Waals surface area contributed by atoms with Crippen LogP contribution in [0.15, 0.2) is 65.5 Å². The molecule has 2 aromatic carbocycles. The highest BCUT2D eigenvalue weighted by Gasteiger charge is 2.31. The first-order valence-electron chi connectivity index (χ1n) is 9.19. The summed E-state index contributed by atoms with van der Waals surface area (Å²) in [6.07, 6.45) is 0. The summed E-state index contributed by atoms with van der Waals surface area (Å²) < 4.78 is 0. The molecule has 29 heavy (non-hydrogen) atoms. The quantitative estimate of drug-likeness (QED) is 0.459. The van der Waals surface area contributed by atoms with Crippen molar-refractivity contribution >= 4 is 28.3 Å². The standard InChI is InChI=1S/C22H20N4O3/c1-12-18(13(2)23-19(12)22(28)26-29-3)21-24-16-10-9-15(11-17(16)25-21)20(27)14-7-5-4-6-8-14/h4-11,23H,1-3H3,(H,24,25)(H,26,28)/p+1. The first kappa shape index (κ1) is 18.8. The largest absolute Gasteiger partial charge is 0.338 e. The van der Waals surface area contributed by atoms with E-state index in [1.54, 1.807) is 18.2 Å². The molecule has 0 spiro atoms. The number of imidazole rings is 1. The van der Waals surface area contributed by atoms with Gasteiger partial charge < -0.3 is 4.98 Å². The van der Waals surface area contributed by atoms with Crippen molar-refractivity contribution in [1.29, 1.82) is 0 Å². The molecule has 0 radical (unpaired) electrons. The van der Waals surface area contributed by atoms with Gasteiger partial charge in [-0.2, -0.15) is 0 Å². The number of hydrogen-bond acceptors (Lipinski definition) is 4. The molecule has 1 aliphatic rings. The number of carbonyl (C=O) groups is 2. The van der Waals surface area contributed by atoms with E-state index in [1.807, 2.05) is 49.5 Å². The van der Waals surface area contributed by atoms with E-state index in [9.17, 15) is 9.59 Å². The highest BCUT2D eigenvalue weighted by molar-refractivity contribution is 6.10. The maximum absolute atomic E-state index is 12.7. The van der Waals surface area contributed by atoms with E-state index in [0.717, 1.165) is 27.9 Å². The Morgan fingerprint density at radius 1 is 1.07 bits per heavy atom. The lowest BCUT2D eigenvalue weighted by Gasteiger charge is -2.01. The zero-order valence-electron chi connectivity index (χ0n) is 16.4. The summed E-state index contributed by atoms with van der Waals surface area (Å²) >= 11 is 0. The number of hydroxylamine groups is 1. The molecular weight excluding hydrogens is 368 g/mol. The summed E-state index contributed by atoms with van der Waals surface area (Å²) in [5, 5.41) is 1.82. The minimum Gasteiger partial charge on any atom is -0.338 e. The Hall–Kier alpha value is -3.55. The molecular formula is C22H21N4O3+. The molecule has 0 bridgehead atoms. The number of nitrogens with one attached hydrogen (secondary N) is 2. The van der Waals surface area contributed by atoms with Gasteiger partial charge >= 0.3 is 5.91 Å². The van der Waals surface area contributed by atoms with Crippen molar-refractivity contribution in [3.05, 3.63) is 82.4 Å².